The molecule has 0 aromatic rings. The summed E-state index contributed by atoms with van der Waals surface area (Å²) >= 11 is 0. The average Bonchev–Trinajstić information content (AvgIpc) is 2.34. The molecule has 0 nitrogen and oxygen atoms in total. The topological polar surface area (TPSA) is 0 Å². The lowest BCUT2D eigenvalue weighted by Crippen LogP contribution is -1.71. The molecule has 1 heteroatoms. The predicted molar refractivity (Wildman–Crippen MR) is 43.7 cm³/mol. The van der Waals surface area contributed by atoms with Gasteiger partial charge in [-0.1, -0.05) is 31.3 Å². The number of unbranched alkanes of at least 4 members (excludes halogenated alkanes) is 1. The fourth-order valence-electron chi connectivity index (χ4n) is 0.842. The molecule has 1 radical (unpaired) electrons. The first-order valence-electron chi connectivity index (χ1n) is 3.50. The number of allylic oxidation sites excluding steroid dienone is 3. The van der Waals surface area contributed by atoms with Gasteiger partial charge in [-0.15, -0.1) is 0 Å². The van der Waals surface area contributed by atoms with Gasteiger partial charge in [-0.3, -0.25) is 0 Å². The zero-order valence-corrected chi connectivity index (χ0v) is 6.70. The minimum Gasteiger partial charge on any atom is -0.0654 e. The second-order valence-electron chi connectivity index (χ2n) is 2.23. The lowest BCUT2D eigenvalue weighted by atomic mass is 10.2. The largest absolute Gasteiger partial charge is 0.0654 e. The van der Waals surface area contributed by atoms with Crippen LogP contribution >= 0.6 is 8.58 Å². The molecule has 0 saturated heterocycles. The van der Waals surface area contributed by atoms with E-state index in [2.05, 4.69) is 24.9 Å². The molecule has 0 fully saturated rings. The van der Waals surface area contributed by atoms with Crippen LogP contribution in [0.15, 0.2) is 23.3 Å². The molecule has 0 unspecified atom stereocenters. The zero-order valence-electron chi connectivity index (χ0n) is 5.80. The molecule has 0 saturated carbocycles. The summed E-state index contributed by atoms with van der Waals surface area (Å²) in [6.07, 6.45) is 8.34. The summed E-state index contributed by atoms with van der Waals surface area (Å²) in [5.74, 6) is 2.20. The van der Waals surface area contributed by atoms with Crippen molar-refractivity contribution in [1.82, 2.24) is 0 Å². The SMILES string of the molecule is CCCCC1=CC=C[P]1. The van der Waals surface area contributed by atoms with Crippen molar-refractivity contribution in [1.29, 1.82) is 0 Å². The molecule has 0 amide bonds. The van der Waals surface area contributed by atoms with Crippen molar-refractivity contribution in [2.75, 3.05) is 0 Å². The number of rotatable bonds is 3. The maximum Gasteiger partial charge on any atom is -0.0225 e. The summed E-state index contributed by atoms with van der Waals surface area (Å²) in [5.41, 5.74) is 0. The molecule has 0 N–H and O–H groups in total. The molecule has 1 heterocycles. The molecule has 0 spiro atoms. The summed E-state index contributed by atoms with van der Waals surface area (Å²) in [7, 11) is 1.43. The minimum absolute atomic E-state index is 1.30. The van der Waals surface area contributed by atoms with Gasteiger partial charge in [0.25, 0.3) is 0 Å². The van der Waals surface area contributed by atoms with E-state index < -0.39 is 0 Å². The zero-order chi connectivity index (χ0) is 6.53. The maximum absolute atomic E-state index is 2.24. The van der Waals surface area contributed by atoms with Crippen molar-refractivity contribution in [3.8, 4) is 0 Å². The fourth-order valence-corrected chi connectivity index (χ4v) is 1.66. The molecule has 1 rings (SSSR count). The highest BCUT2D eigenvalue weighted by atomic mass is 31.1. The molecule has 0 atom stereocenters. The van der Waals surface area contributed by atoms with E-state index in [4.69, 9.17) is 0 Å². The van der Waals surface area contributed by atoms with Gasteiger partial charge in [0, 0.05) is 0 Å². The van der Waals surface area contributed by atoms with Gasteiger partial charge in [0.05, 0.1) is 0 Å². The van der Waals surface area contributed by atoms with Crippen molar-refractivity contribution in [2.45, 2.75) is 26.2 Å². The minimum atomic E-state index is 1.30. The molecule has 9 heavy (non-hydrogen) atoms. The van der Waals surface area contributed by atoms with Gasteiger partial charge in [-0.2, -0.15) is 0 Å². The van der Waals surface area contributed by atoms with Gasteiger partial charge >= 0.3 is 0 Å². The first-order chi connectivity index (χ1) is 4.43. The van der Waals surface area contributed by atoms with E-state index in [9.17, 15) is 0 Å². The number of hydrogen-bond donors (Lipinski definition) is 0. The second-order valence-corrected chi connectivity index (χ2v) is 3.36. The lowest BCUT2D eigenvalue weighted by molar-refractivity contribution is 0.809. The van der Waals surface area contributed by atoms with Gasteiger partial charge in [-0.25, -0.2) is 0 Å². The molecule has 0 aliphatic carbocycles. The lowest BCUT2D eigenvalue weighted by Gasteiger charge is -1.95. The molecular formula is C8H12P. The summed E-state index contributed by atoms with van der Waals surface area (Å²) in [6, 6.07) is 0. The first kappa shape index (κ1) is 7.02. The van der Waals surface area contributed by atoms with Crippen molar-refractivity contribution in [3.63, 3.8) is 0 Å². The second kappa shape index (κ2) is 3.85. The Bertz CT molecular complexity index is 134. The fraction of sp³-hybridized carbons (Fsp3) is 0.500. The van der Waals surface area contributed by atoms with E-state index in [0.29, 0.717) is 0 Å². The Labute approximate surface area is 58.8 Å². The van der Waals surface area contributed by atoms with E-state index in [0.717, 1.165) is 0 Å². The van der Waals surface area contributed by atoms with Crippen molar-refractivity contribution >= 4 is 8.58 Å². The summed E-state index contributed by atoms with van der Waals surface area (Å²) in [4.78, 5) is 0. The van der Waals surface area contributed by atoms with E-state index in [1.165, 1.54) is 27.8 Å². The number of hydrogen-bond acceptors (Lipinski definition) is 0. The molecular weight excluding hydrogens is 127 g/mol. The van der Waals surface area contributed by atoms with Gasteiger partial charge in [0.1, 0.15) is 0 Å². The normalized spacial score (nSPS) is 19.0. The molecule has 0 aromatic carbocycles. The quantitative estimate of drug-likeness (QED) is 0.524. The van der Waals surface area contributed by atoms with Crippen LogP contribution in [-0.4, -0.2) is 0 Å². The van der Waals surface area contributed by atoms with Crippen molar-refractivity contribution in [2.24, 2.45) is 0 Å². The third kappa shape index (κ3) is 2.32. The van der Waals surface area contributed by atoms with Crippen molar-refractivity contribution < 1.29 is 0 Å². The van der Waals surface area contributed by atoms with Crippen LogP contribution in [0, 0.1) is 0 Å². The van der Waals surface area contributed by atoms with Crippen LogP contribution in [0.25, 0.3) is 0 Å². The van der Waals surface area contributed by atoms with Gasteiger partial charge in [0.15, 0.2) is 0 Å². The molecule has 1 aliphatic rings. The molecule has 1 aliphatic heterocycles. The Kier molecular flexibility index (Phi) is 3.00. The summed E-state index contributed by atoms with van der Waals surface area (Å²) < 4.78 is 0. The maximum atomic E-state index is 2.24. The Morgan fingerprint density at radius 1 is 1.56 bits per heavy atom. The van der Waals surface area contributed by atoms with Crippen LogP contribution in [0.5, 0.6) is 0 Å². The van der Waals surface area contributed by atoms with E-state index in [1.54, 1.807) is 5.31 Å². The molecule has 0 aromatic heterocycles. The first-order valence-corrected chi connectivity index (χ1v) is 4.46. The monoisotopic (exact) mass is 139 g/mol. The van der Waals surface area contributed by atoms with Crippen LogP contribution in [0.1, 0.15) is 26.2 Å². The Balaban J connectivity index is 2.14. The van der Waals surface area contributed by atoms with Crippen LogP contribution < -0.4 is 0 Å². The Hall–Kier alpha value is -0.0900. The van der Waals surface area contributed by atoms with Crippen LogP contribution in [0.3, 0.4) is 0 Å². The van der Waals surface area contributed by atoms with Crippen LogP contribution in [-0.2, 0) is 0 Å². The Morgan fingerprint density at radius 3 is 3.00 bits per heavy atom. The summed E-state index contributed by atoms with van der Waals surface area (Å²) in [6.45, 7) is 2.24. The highest BCUT2D eigenvalue weighted by Crippen LogP contribution is 2.33. The smallest absolute Gasteiger partial charge is 0.0225 e. The van der Waals surface area contributed by atoms with E-state index >= 15 is 0 Å². The van der Waals surface area contributed by atoms with Gasteiger partial charge in [-0.05, 0) is 26.7 Å². The third-order valence-corrected chi connectivity index (χ3v) is 2.43. The highest BCUT2D eigenvalue weighted by molar-refractivity contribution is 7.47. The van der Waals surface area contributed by atoms with Crippen LogP contribution in [0.4, 0.5) is 0 Å². The third-order valence-electron chi connectivity index (χ3n) is 1.40. The van der Waals surface area contributed by atoms with Crippen LogP contribution in [0.2, 0.25) is 0 Å². The van der Waals surface area contributed by atoms with Gasteiger partial charge in [0.2, 0.25) is 0 Å². The summed E-state index contributed by atoms with van der Waals surface area (Å²) in [5, 5.41) is 1.58. The van der Waals surface area contributed by atoms with E-state index in [1.807, 2.05) is 0 Å². The van der Waals surface area contributed by atoms with Crippen molar-refractivity contribution in [3.05, 3.63) is 23.3 Å². The average molecular weight is 139 g/mol. The standard InChI is InChI=1S/C8H12P/c1-2-3-5-8-6-4-7-9-8/h4,6-7H,2-3,5H2,1H3. The predicted octanol–water partition coefficient (Wildman–Crippen LogP) is 3.53. The molecule has 0 bridgehead atoms. The molecule has 49 valence electrons. The van der Waals surface area contributed by atoms with Gasteiger partial charge < -0.3 is 0 Å². The Morgan fingerprint density at radius 2 is 2.44 bits per heavy atom. The highest BCUT2D eigenvalue weighted by Gasteiger charge is 1.97. The van der Waals surface area contributed by atoms with E-state index in [-0.39, 0.29) is 0 Å².